The molecule has 0 amide bonds. The van der Waals surface area contributed by atoms with Gasteiger partial charge in [-0.15, -0.1) is 0 Å². The molecule has 0 spiro atoms. The Hall–Kier alpha value is -2.73. The Labute approximate surface area is 200 Å². The topological polar surface area (TPSA) is 89.6 Å². The highest BCUT2D eigenvalue weighted by Crippen LogP contribution is 2.39. The molecule has 2 aliphatic heterocycles. The molecule has 0 aromatic carbocycles. The average molecular weight is 497 g/mol. The Morgan fingerprint density at radius 2 is 1.80 bits per heavy atom. The molecule has 3 fully saturated rings. The minimum atomic E-state index is -3.06. The SMILES string of the molecule is Nc1ncc(-c2cc([C@@H]3CC[C@H](N4CCOCC4)C3)nc(N3C[C@@H](F)[C@@H](F)C3)n2)cc1OC(F)F. The summed E-state index contributed by atoms with van der Waals surface area (Å²) in [6, 6.07) is 3.55. The Balaban J connectivity index is 1.47. The molecule has 2 N–H and O–H groups in total. The Kier molecular flexibility index (Phi) is 6.92. The van der Waals surface area contributed by atoms with Crippen LogP contribution in [0, 0.1) is 0 Å². The van der Waals surface area contributed by atoms with E-state index in [-0.39, 0.29) is 36.5 Å². The van der Waals surface area contributed by atoms with Crippen LogP contribution < -0.4 is 15.4 Å². The number of hydrogen-bond acceptors (Lipinski definition) is 8. The fourth-order valence-corrected chi connectivity index (χ4v) is 5.13. The van der Waals surface area contributed by atoms with Gasteiger partial charge in [0.25, 0.3) is 0 Å². The number of pyridine rings is 1. The van der Waals surface area contributed by atoms with Crippen LogP contribution in [0.5, 0.6) is 5.75 Å². The van der Waals surface area contributed by atoms with E-state index in [9.17, 15) is 17.6 Å². The van der Waals surface area contributed by atoms with Gasteiger partial charge in [0.2, 0.25) is 5.95 Å². The molecule has 0 bridgehead atoms. The zero-order chi connectivity index (χ0) is 24.5. The lowest BCUT2D eigenvalue weighted by atomic mass is 10.0. The van der Waals surface area contributed by atoms with Crippen LogP contribution in [0.4, 0.5) is 29.3 Å². The third-order valence-electron chi connectivity index (χ3n) is 6.98. The predicted molar refractivity (Wildman–Crippen MR) is 121 cm³/mol. The van der Waals surface area contributed by atoms with Gasteiger partial charge in [0, 0.05) is 42.5 Å². The first-order valence-corrected chi connectivity index (χ1v) is 11.8. The van der Waals surface area contributed by atoms with Gasteiger partial charge in [-0.25, -0.2) is 23.7 Å². The maximum atomic E-state index is 14.0. The van der Waals surface area contributed by atoms with Crippen LogP contribution in [-0.2, 0) is 4.74 Å². The summed E-state index contributed by atoms with van der Waals surface area (Å²) in [4.78, 5) is 17.1. The first kappa shape index (κ1) is 24.0. The largest absolute Gasteiger partial charge is 0.431 e. The summed E-state index contributed by atoms with van der Waals surface area (Å²) in [7, 11) is 0. The maximum absolute atomic E-state index is 14.0. The molecule has 1 saturated carbocycles. The number of anilines is 2. The summed E-state index contributed by atoms with van der Waals surface area (Å²) in [6.07, 6.45) is 0.994. The number of nitrogen functional groups attached to an aromatic ring is 1. The maximum Gasteiger partial charge on any atom is 0.387 e. The molecule has 1 aliphatic carbocycles. The highest BCUT2D eigenvalue weighted by molar-refractivity contribution is 5.65. The zero-order valence-corrected chi connectivity index (χ0v) is 19.1. The van der Waals surface area contributed by atoms with E-state index in [1.807, 2.05) is 0 Å². The first-order chi connectivity index (χ1) is 16.9. The number of morpholine rings is 1. The summed E-state index contributed by atoms with van der Waals surface area (Å²) < 4.78 is 63.5. The molecule has 2 aromatic rings. The molecule has 5 rings (SSSR count). The van der Waals surface area contributed by atoms with Crippen molar-refractivity contribution in [3.63, 3.8) is 0 Å². The predicted octanol–water partition coefficient (Wildman–Crippen LogP) is 3.19. The minimum absolute atomic E-state index is 0.131. The molecule has 0 radical (unpaired) electrons. The normalized spacial score (nSPS) is 27.6. The van der Waals surface area contributed by atoms with Crippen LogP contribution in [0.2, 0.25) is 0 Å². The quantitative estimate of drug-likeness (QED) is 0.610. The molecule has 8 nitrogen and oxygen atoms in total. The van der Waals surface area contributed by atoms with Gasteiger partial charge >= 0.3 is 6.61 Å². The lowest BCUT2D eigenvalue weighted by Gasteiger charge is -2.32. The molecule has 2 saturated heterocycles. The smallest absolute Gasteiger partial charge is 0.387 e. The molecule has 0 unspecified atom stereocenters. The number of ether oxygens (including phenoxy) is 2. The van der Waals surface area contributed by atoms with Crippen LogP contribution >= 0.6 is 0 Å². The van der Waals surface area contributed by atoms with E-state index >= 15 is 0 Å². The van der Waals surface area contributed by atoms with E-state index in [0.29, 0.717) is 17.3 Å². The molecule has 4 atom stereocenters. The van der Waals surface area contributed by atoms with Crippen molar-refractivity contribution in [2.75, 3.05) is 50.0 Å². The van der Waals surface area contributed by atoms with E-state index in [0.717, 1.165) is 51.3 Å². The number of rotatable bonds is 6. The van der Waals surface area contributed by atoms with E-state index in [2.05, 4.69) is 19.6 Å². The number of halogens is 4. The van der Waals surface area contributed by atoms with Crippen molar-refractivity contribution in [1.82, 2.24) is 19.9 Å². The minimum Gasteiger partial charge on any atom is -0.431 e. The van der Waals surface area contributed by atoms with Crippen molar-refractivity contribution >= 4 is 11.8 Å². The fraction of sp³-hybridized carbons (Fsp3) is 0.609. The number of aromatic nitrogens is 3. The molecule has 4 heterocycles. The van der Waals surface area contributed by atoms with Gasteiger partial charge in [-0.3, -0.25) is 4.90 Å². The van der Waals surface area contributed by atoms with E-state index < -0.39 is 19.0 Å². The van der Waals surface area contributed by atoms with Gasteiger partial charge in [0.15, 0.2) is 23.9 Å². The fourth-order valence-electron chi connectivity index (χ4n) is 5.13. The van der Waals surface area contributed by atoms with Gasteiger partial charge in [-0.1, -0.05) is 0 Å². The van der Waals surface area contributed by atoms with E-state index in [4.69, 9.17) is 15.5 Å². The van der Waals surface area contributed by atoms with Gasteiger partial charge in [0.1, 0.15) is 0 Å². The Morgan fingerprint density at radius 3 is 2.51 bits per heavy atom. The molecule has 190 valence electrons. The number of nitrogens with two attached hydrogens (primary N) is 1. The highest BCUT2D eigenvalue weighted by atomic mass is 19.3. The van der Waals surface area contributed by atoms with E-state index in [1.54, 1.807) is 6.07 Å². The van der Waals surface area contributed by atoms with Gasteiger partial charge in [-0.2, -0.15) is 8.78 Å². The standard InChI is InChI=1S/C23H28F4N6O2/c24-16-11-33(12-17(16)25)23-30-18(13-1-2-15(7-13)32-3-5-34-6-4-32)9-19(31-23)14-8-20(35-22(26)27)21(28)29-10-14/h8-10,13,15-17,22H,1-7,11-12H2,(H2,28,29)/t13-,15+,16-,17+/m1/s1. The van der Waals surface area contributed by atoms with Crippen LogP contribution in [0.15, 0.2) is 18.3 Å². The number of hydrogen-bond donors (Lipinski definition) is 1. The summed E-state index contributed by atoms with van der Waals surface area (Å²) in [5.74, 6) is -0.0934. The summed E-state index contributed by atoms with van der Waals surface area (Å²) in [6.45, 7) is -0.125. The first-order valence-electron chi connectivity index (χ1n) is 11.8. The Morgan fingerprint density at radius 1 is 1.06 bits per heavy atom. The molecule has 35 heavy (non-hydrogen) atoms. The van der Waals surface area contributed by atoms with Gasteiger partial charge in [0.05, 0.1) is 32.0 Å². The highest BCUT2D eigenvalue weighted by Gasteiger charge is 2.36. The molecule has 3 aliphatic rings. The monoisotopic (exact) mass is 496 g/mol. The van der Waals surface area contributed by atoms with Crippen molar-refractivity contribution in [2.45, 2.75) is 50.2 Å². The van der Waals surface area contributed by atoms with Crippen LogP contribution in [0.25, 0.3) is 11.3 Å². The van der Waals surface area contributed by atoms with Crippen LogP contribution in [-0.4, -0.2) is 84.2 Å². The third-order valence-corrected chi connectivity index (χ3v) is 6.98. The van der Waals surface area contributed by atoms with Crippen LogP contribution in [0.1, 0.15) is 30.9 Å². The second kappa shape index (κ2) is 10.1. The van der Waals surface area contributed by atoms with Gasteiger partial charge < -0.3 is 20.1 Å². The molecule has 2 aromatic heterocycles. The van der Waals surface area contributed by atoms with Crippen molar-refractivity contribution in [3.05, 3.63) is 24.0 Å². The van der Waals surface area contributed by atoms with Crippen molar-refractivity contribution in [1.29, 1.82) is 0 Å². The van der Waals surface area contributed by atoms with Crippen molar-refractivity contribution in [2.24, 2.45) is 0 Å². The second-order valence-electron chi connectivity index (χ2n) is 9.21. The third kappa shape index (κ3) is 5.27. The summed E-state index contributed by atoms with van der Waals surface area (Å²) >= 11 is 0. The summed E-state index contributed by atoms with van der Waals surface area (Å²) in [5, 5.41) is 0. The van der Waals surface area contributed by atoms with Crippen molar-refractivity contribution < 1.29 is 27.0 Å². The number of nitrogens with zero attached hydrogens (tertiary/aromatic N) is 5. The molecular formula is C23H28F4N6O2. The Bertz CT molecular complexity index is 1030. The lowest BCUT2D eigenvalue weighted by molar-refractivity contribution is -0.0494. The van der Waals surface area contributed by atoms with E-state index in [1.165, 1.54) is 17.2 Å². The lowest BCUT2D eigenvalue weighted by Crippen LogP contribution is -2.42. The van der Waals surface area contributed by atoms with Gasteiger partial charge in [-0.05, 0) is 31.4 Å². The zero-order valence-electron chi connectivity index (χ0n) is 19.1. The second-order valence-corrected chi connectivity index (χ2v) is 9.21. The molecular weight excluding hydrogens is 468 g/mol. The van der Waals surface area contributed by atoms with Crippen molar-refractivity contribution in [3.8, 4) is 17.0 Å². The summed E-state index contributed by atoms with van der Waals surface area (Å²) in [5.41, 5.74) is 7.25. The van der Waals surface area contributed by atoms with Crippen LogP contribution in [0.3, 0.4) is 0 Å². The number of alkyl halides is 4. The molecule has 12 heteroatoms. The average Bonchev–Trinajstić information content (AvgIpc) is 3.48.